The summed E-state index contributed by atoms with van der Waals surface area (Å²) in [6, 6.07) is 12.9. The van der Waals surface area contributed by atoms with Gasteiger partial charge in [0.05, 0.1) is 21.5 Å². The van der Waals surface area contributed by atoms with E-state index in [1.54, 1.807) is 18.2 Å². The molecule has 0 aliphatic carbocycles. The van der Waals surface area contributed by atoms with Crippen molar-refractivity contribution in [3.8, 4) is 0 Å². The normalized spacial score (nSPS) is 18.6. The Morgan fingerprint density at radius 3 is 2.50 bits per heavy atom. The third kappa shape index (κ3) is 5.17. The highest BCUT2D eigenvalue weighted by atomic mass is 79.9. The third-order valence-electron chi connectivity index (χ3n) is 4.23. The summed E-state index contributed by atoms with van der Waals surface area (Å²) in [6.07, 6.45) is 0.784. The molecule has 0 bridgehead atoms. The average molecular weight is 499 g/mol. The molecule has 0 spiro atoms. The standard InChI is InChI=1S/C20H18BrCl2N3OS/c1-3-20(2)25-18(12-4-6-13(21)7-5-12)19(26-20)28-11-17(27)24-14-8-9-15(22)16(23)10-14/h4-10H,3,11H2,1-2H3,(H,24,27)/t20-/m0/s1. The second-order valence-corrected chi connectivity index (χ2v) is 9.11. The molecule has 0 radical (unpaired) electrons. The second-order valence-electron chi connectivity index (χ2n) is 6.42. The molecule has 2 aromatic carbocycles. The number of halogens is 3. The van der Waals surface area contributed by atoms with Crippen molar-refractivity contribution in [2.75, 3.05) is 11.1 Å². The van der Waals surface area contributed by atoms with E-state index in [1.165, 1.54) is 11.8 Å². The largest absolute Gasteiger partial charge is 0.325 e. The molecule has 8 heteroatoms. The fourth-order valence-corrected chi connectivity index (χ4v) is 4.01. The van der Waals surface area contributed by atoms with E-state index in [1.807, 2.05) is 31.2 Å². The number of amides is 1. The van der Waals surface area contributed by atoms with Crippen LogP contribution in [0.4, 0.5) is 5.69 Å². The molecule has 28 heavy (non-hydrogen) atoms. The van der Waals surface area contributed by atoms with Crippen LogP contribution in [-0.2, 0) is 4.79 Å². The zero-order valence-corrected chi connectivity index (χ0v) is 19.2. The van der Waals surface area contributed by atoms with Gasteiger partial charge in [0, 0.05) is 15.7 Å². The minimum atomic E-state index is -0.495. The van der Waals surface area contributed by atoms with Crippen molar-refractivity contribution in [3.05, 3.63) is 62.5 Å². The van der Waals surface area contributed by atoms with Gasteiger partial charge in [0.25, 0.3) is 0 Å². The Bertz CT molecular complexity index is 962. The maximum atomic E-state index is 12.4. The van der Waals surface area contributed by atoms with E-state index in [0.717, 1.165) is 27.2 Å². The fourth-order valence-electron chi connectivity index (χ4n) is 2.54. The van der Waals surface area contributed by atoms with Crippen molar-refractivity contribution in [1.29, 1.82) is 0 Å². The lowest BCUT2D eigenvalue weighted by molar-refractivity contribution is -0.113. The van der Waals surface area contributed by atoms with Crippen molar-refractivity contribution in [1.82, 2.24) is 0 Å². The van der Waals surface area contributed by atoms with Crippen LogP contribution in [0.15, 0.2) is 56.9 Å². The fraction of sp³-hybridized carbons (Fsp3) is 0.250. The van der Waals surface area contributed by atoms with Crippen molar-refractivity contribution in [3.63, 3.8) is 0 Å². The van der Waals surface area contributed by atoms with Gasteiger partial charge in [0.2, 0.25) is 5.91 Å². The summed E-state index contributed by atoms with van der Waals surface area (Å²) >= 11 is 16.7. The molecule has 0 fully saturated rings. The molecule has 1 N–H and O–H groups in total. The Morgan fingerprint density at radius 2 is 1.86 bits per heavy atom. The summed E-state index contributed by atoms with van der Waals surface area (Å²) in [4.78, 5) is 22.0. The lowest BCUT2D eigenvalue weighted by Crippen LogP contribution is -2.17. The number of hydrogen-bond acceptors (Lipinski definition) is 4. The van der Waals surface area contributed by atoms with Crippen molar-refractivity contribution in [2.24, 2.45) is 9.98 Å². The van der Waals surface area contributed by atoms with Crippen molar-refractivity contribution < 1.29 is 4.79 Å². The van der Waals surface area contributed by atoms with Crippen LogP contribution < -0.4 is 5.32 Å². The van der Waals surface area contributed by atoms with Gasteiger partial charge in [-0.3, -0.25) is 9.79 Å². The number of carbonyl (C=O) groups is 1. The quantitative estimate of drug-likeness (QED) is 0.514. The number of nitrogens with zero attached hydrogens (tertiary/aromatic N) is 2. The number of nitrogens with one attached hydrogen (secondary N) is 1. The van der Waals surface area contributed by atoms with Gasteiger partial charge >= 0.3 is 0 Å². The molecule has 0 saturated carbocycles. The lowest BCUT2D eigenvalue weighted by atomic mass is 10.1. The van der Waals surface area contributed by atoms with Crippen LogP contribution in [-0.4, -0.2) is 28.1 Å². The van der Waals surface area contributed by atoms with Crippen molar-refractivity contribution in [2.45, 2.75) is 25.9 Å². The Labute approximate surface area is 187 Å². The molecule has 146 valence electrons. The second kappa shape index (κ2) is 8.99. The highest BCUT2D eigenvalue weighted by molar-refractivity contribution is 9.10. The third-order valence-corrected chi connectivity index (χ3v) is 6.46. The van der Waals surface area contributed by atoms with Gasteiger partial charge in [0.1, 0.15) is 10.7 Å². The zero-order valence-electron chi connectivity index (χ0n) is 15.3. The van der Waals surface area contributed by atoms with Crippen LogP contribution in [0.5, 0.6) is 0 Å². The Kier molecular flexibility index (Phi) is 6.86. The van der Waals surface area contributed by atoms with E-state index in [-0.39, 0.29) is 11.7 Å². The topological polar surface area (TPSA) is 53.8 Å². The minimum Gasteiger partial charge on any atom is -0.325 e. The predicted octanol–water partition coefficient (Wildman–Crippen LogP) is 6.46. The number of thioether (sulfide) groups is 1. The summed E-state index contributed by atoms with van der Waals surface area (Å²) in [5.41, 5.74) is 1.92. The number of benzene rings is 2. The molecule has 2 aromatic rings. The Balaban J connectivity index is 1.71. The first-order valence-corrected chi connectivity index (χ1v) is 11.2. The SMILES string of the molecule is CC[C@]1(C)N=C(SCC(=O)Nc2ccc(Cl)c(Cl)c2)C(c2ccc(Br)cc2)=N1. The van der Waals surface area contributed by atoms with E-state index in [9.17, 15) is 4.79 Å². The summed E-state index contributed by atoms with van der Waals surface area (Å²) in [5, 5.41) is 4.45. The molecule has 0 saturated heterocycles. The van der Waals surface area contributed by atoms with Gasteiger partial charge < -0.3 is 5.32 Å². The molecule has 1 aliphatic heterocycles. The summed E-state index contributed by atoms with van der Waals surface area (Å²) in [6.45, 7) is 4.05. The summed E-state index contributed by atoms with van der Waals surface area (Å²) < 4.78 is 1.00. The Morgan fingerprint density at radius 1 is 1.14 bits per heavy atom. The zero-order chi connectivity index (χ0) is 20.3. The van der Waals surface area contributed by atoms with Crippen LogP contribution >= 0.6 is 50.9 Å². The number of carbonyl (C=O) groups excluding carboxylic acids is 1. The first-order valence-electron chi connectivity index (χ1n) is 8.63. The molecule has 4 nitrogen and oxygen atoms in total. The average Bonchev–Trinajstić information content (AvgIpc) is 3.01. The predicted molar refractivity (Wildman–Crippen MR) is 124 cm³/mol. The van der Waals surface area contributed by atoms with Crippen LogP contribution in [0.1, 0.15) is 25.8 Å². The maximum Gasteiger partial charge on any atom is 0.234 e. The first kappa shape index (κ1) is 21.4. The molecule has 0 unspecified atom stereocenters. The molecule has 1 amide bonds. The van der Waals surface area contributed by atoms with Crippen LogP contribution in [0.2, 0.25) is 10.0 Å². The highest BCUT2D eigenvalue weighted by Crippen LogP contribution is 2.30. The maximum absolute atomic E-state index is 12.4. The number of aliphatic imine (C=N–C) groups is 2. The van der Waals surface area contributed by atoms with E-state index in [2.05, 4.69) is 28.2 Å². The molecule has 3 rings (SSSR count). The molecule has 1 atom stereocenters. The Hall–Kier alpha value is -1.34. The van der Waals surface area contributed by atoms with E-state index < -0.39 is 5.66 Å². The van der Waals surface area contributed by atoms with Gasteiger partial charge in [-0.05, 0) is 43.7 Å². The molecule has 0 aromatic heterocycles. The number of rotatable bonds is 5. The van der Waals surface area contributed by atoms with Gasteiger partial charge in [-0.15, -0.1) is 0 Å². The lowest BCUT2D eigenvalue weighted by Gasteiger charge is -2.13. The van der Waals surface area contributed by atoms with E-state index >= 15 is 0 Å². The van der Waals surface area contributed by atoms with Crippen LogP contribution in [0.3, 0.4) is 0 Å². The first-order chi connectivity index (χ1) is 13.3. The summed E-state index contributed by atoms with van der Waals surface area (Å²) in [5.74, 6) is 0.0698. The van der Waals surface area contributed by atoms with E-state index in [0.29, 0.717) is 15.7 Å². The van der Waals surface area contributed by atoms with Gasteiger partial charge in [-0.2, -0.15) is 0 Å². The highest BCUT2D eigenvalue weighted by Gasteiger charge is 2.31. The monoisotopic (exact) mass is 497 g/mol. The number of hydrogen-bond donors (Lipinski definition) is 1. The van der Waals surface area contributed by atoms with E-state index in [4.69, 9.17) is 33.2 Å². The minimum absolute atomic E-state index is 0.147. The molecular formula is C20H18BrCl2N3OS. The number of anilines is 1. The molecule has 1 aliphatic rings. The van der Waals surface area contributed by atoms with Crippen molar-refractivity contribution >= 4 is 73.2 Å². The molecular weight excluding hydrogens is 481 g/mol. The van der Waals surface area contributed by atoms with Gasteiger partial charge in [-0.25, -0.2) is 4.99 Å². The molecule has 1 heterocycles. The van der Waals surface area contributed by atoms with Gasteiger partial charge in [0.15, 0.2) is 0 Å². The van der Waals surface area contributed by atoms with Gasteiger partial charge in [-0.1, -0.05) is 70.0 Å². The smallest absolute Gasteiger partial charge is 0.234 e. The summed E-state index contributed by atoms with van der Waals surface area (Å²) in [7, 11) is 0. The van der Waals surface area contributed by atoms with Crippen LogP contribution in [0.25, 0.3) is 0 Å². The van der Waals surface area contributed by atoms with Crippen LogP contribution in [0, 0.1) is 0 Å².